The predicted molar refractivity (Wildman–Crippen MR) is 130 cm³/mol. The molecular formula is C23H33IN4O2. The number of ether oxygens (including phenoxy) is 1. The van der Waals surface area contributed by atoms with E-state index in [-0.39, 0.29) is 24.0 Å². The lowest BCUT2D eigenvalue weighted by molar-refractivity contribution is 0.0315. The minimum absolute atomic E-state index is 0. The highest BCUT2D eigenvalue weighted by Gasteiger charge is 2.27. The average Bonchev–Trinajstić information content (AvgIpc) is 3.44. The van der Waals surface area contributed by atoms with E-state index in [0.717, 1.165) is 70.6 Å². The normalized spacial score (nSPS) is 20.2. The van der Waals surface area contributed by atoms with Gasteiger partial charge in [0.05, 0.1) is 26.0 Å². The van der Waals surface area contributed by atoms with E-state index in [0.29, 0.717) is 12.5 Å². The quantitative estimate of drug-likeness (QED) is 0.343. The highest BCUT2D eigenvalue weighted by atomic mass is 127. The number of hydrogen-bond donors (Lipinski definition) is 1. The lowest BCUT2D eigenvalue weighted by atomic mass is 10.1. The molecule has 1 aromatic heterocycles. The fourth-order valence-electron chi connectivity index (χ4n) is 4.09. The molecule has 0 spiro atoms. The van der Waals surface area contributed by atoms with Crippen molar-refractivity contribution in [3.63, 3.8) is 0 Å². The number of aliphatic imine (C=N–C) groups is 1. The van der Waals surface area contributed by atoms with Crippen LogP contribution < -0.4 is 5.32 Å². The fraction of sp³-hybridized carbons (Fsp3) is 0.522. The van der Waals surface area contributed by atoms with Gasteiger partial charge in [-0.1, -0.05) is 30.3 Å². The SMILES string of the molecule is I.c1ccc(CN=C(NCCc2ccco2)N2CCC(CN3CCOCC3)C2)cc1. The molecule has 164 valence electrons. The van der Waals surface area contributed by atoms with Crippen molar-refractivity contribution < 1.29 is 9.15 Å². The van der Waals surface area contributed by atoms with Crippen LogP contribution in [-0.4, -0.2) is 68.2 Å². The van der Waals surface area contributed by atoms with E-state index in [1.54, 1.807) is 6.26 Å². The fourth-order valence-corrected chi connectivity index (χ4v) is 4.09. The molecule has 3 heterocycles. The van der Waals surface area contributed by atoms with Gasteiger partial charge < -0.3 is 19.4 Å². The van der Waals surface area contributed by atoms with Gasteiger partial charge in [-0.15, -0.1) is 24.0 Å². The Morgan fingerprint density at radius 3 is 2.67 bits per heavy atom. The van der Waals surface area contributed by atoms with E-state index >= 15 is 0 Å². The molecule has 1 unspecified atom stereocenters. The van der Waals surface area contributed by atoms with Crippen LogP contribution in [0, 0.1) is 5.92 Å². The Balaban J connectivity index is 0.00000256. The van der Waals surface area contributed by atoms with Crippen LogP contribution in [0.25, 0.3) is 0 Å². The smallest absolute Gasteiger partial charge is 0.194 e. The number of likely N-dealkylation sites (tertiary alicyclic amines) is 1. The minimum Gasteiger partial charge on any atom is -0.469 e. The summed E-state index contributed by atoms with van der Waals surface area (Å²) >= 11 is 0. The van der Waals surface area contributed by atoms with E-state index in [1.165, 1.54) is 12.0 Å². The summed E-state index contributed by atoms with van der Waals surface area (Å²) in [5, 5.41) is 3.58. The van der Waals surface area contributed by atoms with Gasteiger partial charge in [0.25, 0.3) is 0 Å². The second-order valence-electron chi connectivity index (χ2n) is 7.90. The molecule has 1 atom stereocenters. The van der Waals surface area contributed by atoms with Gasteiger partial charge in [-0.3, -0.25) is 4.90 Å². The second-order valence-corrected chi connectivity index (χ2v) is 7.90. The third-order valence-corrected chi connectivity index (χ3v) is 5.69. The lowest BCUT2D eigenvalue weighted by Crippen LogP contribution is -2.43. The summed E-state index contributed by atoms with van der Waals surface area (Å²) in [6, 6.07) is 14.4. The zero-order chi connectivity index (χ0) is 19.7. The van der Waals surface area contributed by atoms with E-state index in [4.69, 9.17) is 14.1 Å². The number of furan rings is 1. The first-order valence-electron chi connectivity index (χ1n) is 10.8. The van der Waals surface area contributed by atoms with E-state index < -0.39 is 0 Å². The number of benzene rings is 1. The van der Waals surface area contributed by atoms with Gasteiger partial charge in [-0.25, -0.2) is 4.99 Å². The van der Waals surface area contributed by atoms with Crippen LogP contribution in [0.2, 0.25) is 0 Å². The lowest BCUT2D eigenvalue weighted by Gasteiger charge is -2.29. The molecule has 0 aliphatic carbocycles. The molecule has 6 nitrogen and oxygen atoms in total. The molecule has 4 rings (SSSR count). The molecule has 0 saturated carbocycles. The third kappa shape index (κ3) is 6.99. The first-order valence-corrected chi connectivity index (χ1v) is 10.8. The van der Waals surface area contributed by atoms with Gasteiger partial charge in [0.2, 0.25) is 0 Å². The summed E-state index contributed by atoms with van der Waals surface area (Å²) in [6.07, 6.45) is 3.82. The number of nitrogens with one attached hydrogen (secondary N) is 1. The van der Waals surface area contributed by atoms with Crippen molar-refractivity contribution >= 4 is 29.9 Å². The Hall–Kier alpha value is -1.58. The zero-order valence-electron chi connectivity index (χ0n) is 17.5. The van der Waals surface area contributed by atoms with E-state index in [9.17, 15) is 0 Å². The first-order chi connectivity index (χ1) is 14.4. The Kier molecular flexibility index (Phi) is 9.48. The molecule has 0 amide bonds. The maximum atomic E-state index is 5.48. The van der Waals surface area contributed by atoms with Crippen LogP contribution in [0.3, 0.4) is 0 Å². The minimum atomic E-state index is 0. The molecule has 1 aromatic carbocycles. The van der Waals surface area contributed by atoms with Gasteiger partial charge in [0, 0.05) is 45.7 Å². The molecule has 30 heavy (non-hydrogen) atoms. The average molecular weight is 524 g/mol. The zero-order valence-corrected chi connectivity index (χ0v) is 19.9. The Morgan fingerprint density at radius 2 is 1.90 bits per heavy atom. The summed E-state index contributed by atoms with van der Waals surface area (Å²) in [6.45, 7) is 8.69. The maximum Gasteiger partial charge on any atom is 0.194 e. The molecule has 2 aliphatic heterocycles. The van der Waals surface area contributed by atoms with Crippen molar-refractivity contribution in [2.75, 3.05) is 52.5 Å². The first kappa shape index (κ1) is 23.1. The van der Waals surface area contributed by atoms with Crippen molar-refractivity contribution in [1.29, 1.82) is 0 Å². The Bertz CT molecular complexity index is 748. The number of nitrogens with zero attached hydrogens (tertiary/aromatic N) is 3. The molecular weight excluding hydrogens is 491 g/mol. The third-order valence-electron chi connectivity index (χ3n) is 5.69. The largest absolute Gasteiger partial charge is 0.469 e. The Labute approximate surface area is 196 Å². The number of morpholine rings is 1. The van der Waals surface area contributed by atoms with Crippen LogP contribution in [0.5, 0.6) is 0 Å². The summed E-state index contributed by atoms with van der Waals surface area (Å²) in [5.74, 6) is 2.72. The van der Waals surface area contributed by atoms with Gasteiger partial charge in [-0.05, 0) is 30.0 Å². The Morgan fingerprint density at radius 1 is 1.07 bits per heavy atom. The summed E-state index contributed by atoms with van der Waals surface area (Å²) in [7, 11) is 0. The topological polar surface area (TPSA) is 53.2 Å². The summed E-state index contributed by atoms with van der Waals surface area (Å²) < 4.78 is 10.9. The highest BCUT2D eigenvalue weighted by molar-refractivity contribution is 14.0. The highest BCUT2D eigenvalue weighted by Crippen LogP contribution is 2.18. The monoisotopic (exact) mass is 524 g/mol. The molecule has 2 fully saturated rings. The second kappa shape index (κ2) is 12.3. The maximum absolute atomic E-state index is 5.48. The molecule has 0 bridgehead atoms. The molecule has 2 saturated heterocycles. The summed E-state index contributed by atoms with van der Waals surface area (Å²) in [4.78, 5) is 9.91. The van der Waals surface area contributed by atoms with E-state index in [2.05, 4.69) is 39.4 Å². The molecule has 2 aliphatic rings. The van der Waals surface area contributed by atoms with Crippen molar-refractivity contribution in [2.45, 2.75) is 19.4 Å². The van der Waals surface area contributed by atoms with Crippen LogP contribution in [0.15, 0.2) is 58.1 Å². The van der Waals surface area contributed by atoms with Crippen molar-refractivity contribution in [3.05, 3.63) is 60.1 Å². The predicted octanol–water partition coefficient (Wildman–Crippen LogP) is 3.24. The van der Waals surface area contributed by atoms with Gasteiger partial charge in [0.15, 0.2) is 5.96 Å². The molecule has 2 aromatic rings. The van der Waals surface area contributed by atoms with Crippen LogP contribution in [0.1, 0.15) is 17.7 Å². The van der Waals surface area contributed by atoms with Crippen LogP contribution in [0.4, 0.5) is 0 Å². The number of rotatable bonds is 7. The number of halogens is 1. The molecule has 7 heteroatoms. The number of guanidine groups is 1. The van der Waals surface area contributed by atoms with Crippen LogP contribution >= 0.6 is 24.0 Å². The van der Waals surface area contributed by atoms with Crippen molar-refractivity contribution in [2.24, 2.45) is 10.9 Å². The summed E-state index contributed by atoms with van der Waals surface area (Å²) in [5.41, 5.74) is 1.24. The van der Waals surface area contributed by atoms with Crippen LogP contribution in [-0.2, 0) is 17.7 Å². The molecule has 1 N–H and O–H groups in total. The van der Waals surface area contributed by atoms with Gasteiger partial charge >= 0.3 is 0 Å². The van der Waals surface area contributed by atoms with Gasteiger partial charge in [0.1, 0.15) is 5.76 Å². The van der Waals surface area contributed by atoms with Gasteiger partial charge in [-0.2, -0.15) is 0 Å². The van der Waals surface area contributed by atoms with E-state index in [1.807, 2.05) is 18.2 Å². The number of hydrogen-bond acceptors (Lipinski definition) is 4. The standard InChI is InChI=1S/C23H32N4O2.HI/c1-2-5-20(6-3-1)17-25-23(24-10-8-22-7-4-14-29-22)27-11-9-21(19-27)18-26-12-15-28-16-13-26;/h1-7,14,21H,8-13,15-19H2,(H,24,25);1H. The molecule has 0 radical (unpaired) electrons. The van der Waals surface area contributed by atoms with Crippen molar-refractivity contribution in [1.82, 2.24) is 15.1 Å². The van der Waals surface area contributed by atoms with Crippen molar-refractivity contribution in [3.8, 4) is 0 Å².